The molecule has 2 aromatic rings. The molecule has 128 valence electrons. The number of likely N-dealkylation sites (tertiary alicyclic amines) is 1. The Kier molecular flexibility index (Phi) is 5.77. The molecule has 24 heavy (non-hydrogen) atoms. The van der Waals surface area contributed by atoms with Gasteiger partial charge in [-0.1, -0.05) is 6.07 Å². The van der Waals surface area contributed by atoms with E-state index in [1.54, 1.807) is 6.20 Å². The van der Waals surface area contributed by atoms with Crippen molar-refractivity contribution in [1.29, 1.82) is 0 Å². The van der Waals surface area contributed by atoms with Gasteiger partial charge >= 0.3 is 0 Å². The number of hydrogen-bond donors (Lipinski definition) is 2. The Morgan fingerprint density at radius 1 is 1.33 bits per heavy atom. The number of aromatic nitrogens is 1. The maximum absolute atomic E-state index is 12.2. The molecule has 0 radical (unpaired) electrons. The van der Waals surface area contributed by atoms with Gasteiger partial charge in [0.1, 0.15) is 0 Å². The smallest absolute Gasteiger partial charge is 0.251 e. The summed E-state index contributed by atoms with van der Waals surface area (Å²) in [6, 6.07) is 9.77. The Labute approximate surface area is 142 Å². The van der Waals surface area contributed by atoms with Crippen LogP contribution >= 0.6 is 0 Å². The lowest BCUT2D eigenvalue weighted by Gasteiger charge is -2.22. The van der Waals surface area contributed by atoms with Gasteiger partial charge in [-0.3, -0.25) is 14.7 Å². The Hall–Kier alpha value is -1.98. The van der Waals surface area contributed by atoms with Gasteiger partial charge in [0.15, 0.2) is 0 Å². The van der Waals surface area contributed by atoms with Crippen molar-refractivity contribution in [2.75, 3.05) is 26.2 Å². The van der Waals surface area contributed by atoms with Gasteiger partial charge in [0.2, 0.25) is 0 Å². The molecular weight excluding hydrogens is 302 g/mol. The number of amides is 1. The zero-order valence-electron chi connectivity index (χ0n) is 13.9. The monoisotopic (exact) mass is 327 g/mol. The van der Waals surface area contributed by atoms with Gasteiger partial charge in [0, 0.05) is 29.7 Å². The summed E-state index contributed by atoms with van der Waals surface area (Å²) < 4.78 is 0. The van der Waals surface area contributed by atoms with Gasteiger partial charge in [-0.15, -0.1) is 0 Å². The highest BCUT2D eigenvalue weighted by Crippen LogP contribution is 2.17. The lowest BCUT2D eigenvalue weighted by molar-refractivity contribution is 0.0952. The molecular formula is C19H25N3O2. The van der Waals surface area contributed by atoms with E-state index in [1.807, 2.05) is 30.3 Å². The summed E-state index contributed by atoms with van der Waals surface area (Å²) >= 11 is 0. The molecule has 1 atom stereocenters. The fourth-order valence-electron chi connectivity index (χ4n) is 3.36. The third kappa shape index (κ3) is 4.10. The molecule has 1 unspecified atom stereocenters. The highest BCUT2D eigenvalue weighted by atomic mass is 16.3. The average molecular weight is 327 g/mol. The molecule has 0 bridgehead atoms. The van der Waals surface area contributed by atoms with Crippen LogP contribution in [0.4, 0.5) is 0 Å². The minimum Gasteiger partial charge on any atom is -0.395 e. The van der Waals surface area contributed by atoms with Crippen molar-refractivity contribution >= 4 is 16.8 Å². The minimum absolute atomic E-state index is 0.0323. The maximum atomic E-state index is 12.2. The highest BCUT2D eigenvalue weighted by Gasteiger charge is 2.22. The van der Waals surface area contributed by atoms with Crippen molar-refractivity contribution in [1.82, 2.24) is 15.2 Å². The number of benzene rings is 1. The fraction of sp³-hybridized carbons (Fsp3) is 0.474. The van der Waals surface area contributed by atoms with Crippen LogP contribution in [0.3, 0.4) is 0 Å². The number of pyridine rings is 1. The summed E-state index contributed by atoms with van der Waals surface area (Å²) in [6.07, 6.45) is 6.03. The van der Waals surface area contributed by atoms with Crippen molar-refractivity contribution in [3.8, 4) is 0 Å². The predicted octanol–water partition coefficient (Wildman–Crippen LogP) is 2.20. The second-order valence-electron chi connectivity index (χ2n) is 6.39. The Bertz CT molecular complexity index is 689. The van der Waals surface area contributed by atoms with Crippen LogP contribution in [0.25, 0.3) is 10.9 Å². The second-order valence-corrected chi connectivity index (χ2v) is 6.39. The van der Waals surface area contributed by atoms with Crippen LogP contribution < -0.4 is 5.32 Å². The summed E-state index contributed by atoms with van der Waals surface area (Å²) in [5.74, 6) is -0.0323. The number of carbonyl (C=O) groups excluding carboxylic acids is 1. The molecule has 2 N–H and O–H groups in total. The summed E-state index contributed by atoms with van der Waals surface area (Å²) in [6.45, 7) is 3.03. The first-order chi connectivity index (χ1) is 11.8. The van der Waals surface area contributed by atoms with Gasteiger partial charge in [0.05, 0.1) is 12.1 Å². The molecule has 1 aromatic carbocycles. The van der Waals surface area contributed by atoms with E-state index in [0.717, 1.165) is 43.3 Å². The first-order valence-corrected chi connectivity index (χ1v) is 8.76. The maximum Gasteiger partial charge on any atom is 0.251 e. The van der Waals surface area contributed by atoms with Gasteiger partial charge < -0.3 is 10.4 Å². The van der Waals surface area contributed by atoms with Gasteiger partial charge in [-0.2, -0.15) is 0 Å². The Morgan fingerprint density at radius 2 is 2.25 bits per heavy atom. The molecule has 2 heterocycles. The van der Waals surface area contributed by atoms with Crippen molar-refractivity contribution in [2.24, 2.45) is 0 Å². The van der Waals surface area contributed by atoms with Crippen LogP contribution in [0.1, 0.15) is 36.0 Å². The highest BCUT2D eigenvalue weighted by molar-refractivity contribution is 5.97. The number of rotatable bonds is 7. The molecule has 5 heteroatoms. The van der Waals surface area contributed by atoms with E-state index in [9.17, 15) is 9.90 Å². The SMILES string of the molecule is O=C(NCCCCN1CCCC1CO)c1ccc2ncccc2c1. The van der Waals surface area contributed by atoms with E-state index in [-0.39, 0.29) is 12.5 Å². The number of aliphatic hydroxyl groups is 1. The van der Waals surface area contributed by atoms with Crippen LogP contribution in [-0.4, -0.2) is 53.2 Å². The lowest BCUT2D eigenvalue weighted by atomic mass is 10.1. The summed E-state index contributed by atoms with van der Waals surface area (Å²) in [5.41, 5.74) is 1.58. The molecule has 5 nitrogen and oxygen atoms in total. The molecule has 1 amide bonds. The second kappa shape index (κ2) is 8.22. The topological polar surface area (TPSA) is 65.5 Å². The van der Waals surface area contributed by atoms with E-state index in [1.165, 1.54) is 6.42 Å². The van der Waals surface area contributed by atoms with Gasteiger partial charge in [-0.25, -0.2) is 0 Å². The lowest BCUT2D eigenvalue weighted by Crippen LogP contribution is -2.33. The van der Waals surface area contributed by atoms with Crippen LogP contribution in [0, 0.1) is 0 Å². The summed E-state index contributed by atoms with van der Waals surface area (Å²) in [4.78, 5) is 18.9. The molecule has 0 saturated carbocycles. The van der Waals surface area contributed by atoms with Crippen molar-refractivity contribution in [2.45, 2.75) is 31.7 Å². The van der Waals surface area contributed by atoms with E-state index in [4.69, 9.17) is 0 Å². The van der Waals surface area contributed by atoms with Gasteiger partial charge in [-0.05, 0) is 63.0 Å². The normalized spacial score (nSPS) is 18.1. The number of unbranched alkanes of at least 4 members (excludes halogenated alkanes) is 1. The molecule has 1 aliphatic rings. The first-order valence-electron chi connectivity index (χ1n) is 8.76. The number of carbonyl (C=O) groups is 1. The largest absolute Gasteiger partial charge is 0.395 e. The molecule has 1 saturated heterocycles. The standard InChI is InChI=1S/C19H25N3O2/c23-14-17-6-4-12-22(17)11-2-1-9-21-19(24)16-7-8-18-15(13-16)5-3-10-20-18/h3,5,7-8,10,13,17,23H,1-2,4,6,9,11-12,14H2,(H,21,24). The number of nitrogens with zero attached hydrogens (tertiary/aromatic N) is 2. The van der Waals surface area contributed by atoms with Crippen molar-refractivity contribution < 1.29 is 9.90 Å². The predicted molar refractivity (Wildman–Crippen MR) is 95.0 cm³/mol. The van der Waals surface area contributed by atoms with E-state index in [2.05, 4.69) is 15.2 Å². The van der Waals surface area contributed by atoms with Crippen molar-refractivity contribution in [3.05, 3.63) is 42.1 Å². The van der Waals surface area contributed by atoms with Gasteiger partial charge in [0.25, 0.3) is 5.91 Å². The molecule has 1 aliphatic heterocycles. The number of nitrogens with one attached hydrogen (secondary N) is 1. The third-order valence-electron chi connectivity index (χ3n) is 4.73. The van der Waals surface area contributed by atoms with Crippen molar-refractivity contribution in [3.63, 3.8) is 0 Å². The first kappa shape index (κ1) is 16.9. The van der Waals surface area contributed by atoms with E-state index in [0.29, 0.717) is 18.2 Å². The zero-order valence-corrected chi connectivity index (χ0v) is 13.9. The van der Waals surface area contributed by atoms with E-state index >= 15 is 0 Å². The molecule has 3 rings (SSSR count). The van der Waals surface area contributed by atoms with Crippen LogP contribution in [0.15, 0.2) is 36.5 Å². The molecule has 0 spiro atoms. The Morgan fingerprint density at radius 3 is 3.12 bits per heavy atom. The zero-order chi connectivity index (χ0) is 16.8. The third-order valence-corrected chi connectivity index (χ3v) is 4.73. The molecule has 1 fully saturated rings. The summed E-state index contributed by atoms with van der Waals surface area (Å²) in [7, 11) is 0. The summed E-state index contributed by atoms with van der Waals surface area (Å²) in [5, 5.41) is 13.3. The number of fused-ring (bicyclic) bond motifs is 1. The van der Waals surface area contributed by atoms with Crippen LogP contribution in [0.2, 0.25) is 0 Å². The number of aliphatic hydroxyl groups excluding tert-OH is 1. The molecule has 1 aromatic heterocycles. The van der Waals surface area contributed by atoms with Crippen LogP contribution in [0.5, 0.6) is 0 Å². The minimum atomic E-state index is -0.0323. The van der Waals surface area contributed by atoms with E-state index < -0.39 is 0 Å². The fourth-order valence-corrected chi connectivity index (χ4v) is 3.36. The average Bonchev–Trinajstić information content (AvgIpc) is 3.08. The number of hydrogen-bond acceptors (Lipinski definition) is 4. The molecule has 0 aliphatic carbocycles. The van der Waals surface area contributed by atoms with Crippen LogP contribution in [-0.2, 0) is 0 Å². The Balaban J connectivity index is 1.42. The quantitative estimate of drug-likeness (QED) is 0.765.